The molecule has 0 radical (unpaired) electrons. The van der Waals surface area contributed by atoms with Crippen molar-refractivity contribution >= 4 is 11.6 Å². The molecule has 96 valence electrons. The number of ether oxygens (including phenoxy) is 2. The highest BCUT2D eigenvalue weighted by Crippen LogP contribution is 2.22. The molecule has 1 aromatic rings. The van der Waals surface area contributed by atoms with Gasteiger partial charge in [-0.1, -0.05) is 18.5 Å². The molecule has 17 heavy (non-hydrogen) atoms. The zero-order valence-corrected chi connectivity index (χ0v) is 11.2. The predicted octanol–water partition coefficient (Wildman–Crippen LogP) is 2.86. The summed E-state index contributed by atoms with van der Waals surface area (Å²) < 4.78 is 11.0. The van der Waals surface area contributed by atoms with Crippen LogP contribution in [0.1, 0.15) is 18.9 Å². The van der Waals surface area contributed by atoms with E-state index >= 15 is 0 Å². The van der Waals surface area contributed by atoms with Gasteiger partial charge in [0.1, 0.15) is 12.4 Å². The van der Waals surface area contributed by atoms with E-state index in [-0.39, 0.29) is 0 Å². The fraction of sp³-hybridized carbons (Fsp3) is 0.538. The molecule has 0 saturated heterocycles. The Labute approximate surface area is 108 Å². The maximum absolute atomic E-state index is 5.95. The summed E-state index contributed by atoms with van der Waals surface area (Å²) in [5, 5.41) is 3.82. The van der Waals surface area contributed by atoms with E-state index in [1.807, 2.05) is 25.2 Å². The van der Waals surface area contributed by atoms with Crippen molar-refractivity contribution in [1.29, 1.82) is 0 Å². The quantitative estimate of drug-likeness (QED) is 0.727. The van der Waals surface area contributed by atoms with Gasteiger partial charge >= 0.3 is 0 Å². The minimum atomic E-state index is 0.568. The van der Waals surface area contributed by atoms with Crippen LogP contribution in [0.2, 0.25) is 5.02 Å². The van der Waals surface area contributed by atoms with E-state index in [1.165, 1.54) is 0 Å². The summed E-state index contributed by atoms with van der Waals surface area (Å²) in [6, 6.07) is 5.65. The van der Waals surface area contributed by atoms with E-state index in [9.17, 15) is 0 Å². The first-order chi connectivity index (χ1) is 8.27. The molecule has 3 nitrogen and oxygen atoms in total. The molecule has 0 fully saturated rings. The summed E-state index contributed by atoms with van der Waals surface area (Å²) in [6.45, 7) is 4.80. The lowest BCUT2D eigenvalue weighted by atomic mass is 10.2. The van der Waals surface area contributed by atoms with Gasteiger partial charge in [0.2, 0.25) is 0 Å². The van der Waals surface area contributed by atoms with Gasteiger partial charge in [-0.25, -0.2) is 0 Å². The van der Waals surface area contributed by atoms with Crippen molar-refractivity contribution in [3.63, 3.8) is 0 Å². The predicted molar refractivity (Wildman–Crippen MR) is 70.8 cm³/mol. The fourth-order valence-corrected chi connectivity index (χ4v) is 1.67. The van der Waals surface area contributed by atoms with E-state index in [1.54, 1.807) is 0 Å². The Morgan fingerprint density at radius 3 is 2.76 bits per heavy atom. The summed E-state index contributed by atoms with van der Waals surface area (Å²) in [5.41, 5.74) is 1.07. The number of hydrogen-bond donors (Lipinski definition) is 1. The molecule has 0 aliphatic carbocycles. The van der Waals surface area contributed by atoms with Gasteiger partial charge in [0, 0.05) is 23.7 Å². The lowest BCUT2D eigenvalue weighted by Crippen LogP contribution is -2.11. The maximum atomic E-state index is 5.95. The zero-order chi connectivity index (χ0) is 12.5. The monoisotopic (exact) mass is 257 g/mol. The van der Waals surface area contributed by atoms with Gasteiger partial charge in [0.15, 0.2) is 0 Å². The lowest BCUT2D eigenvalue weighted by Gasteiger charge is -2.11. The minimum Gasteiger partial charge on any atom is -0.491 e. The Kier molecular flexibility index (Phi) is 7.01. The highest BCUT2D eigenvalue weighted by molar-refractivity contribution is 6.30. The third kappa shape index (κ3) is 5.39. The van der Waals surface area contributed by atoms with E-state index in [0.717, 1.165) is 35.9 Å². The molecule has 1 aromatic carbocycles. The summed E-state index contributed by atoms with van der Waals surface area (Å²) in [6.07, 6.45) is 1.03. The summed E-state index contributed by atoms with van der Waals surface area (Å²) >= 11 is 5.95. The molecule has 0 amide bonds. The smallest absolute Gasteiger partial charge is 0.124 e. The van der Waals surface area contributed by atoms with Gasteiger partial charge in [-0.3, -0.25) is 0 Å². The summed E-state index contributed by atoms with van der Waals surface area (Å²) in [5.74, 6) is 0.865. The first-order valence-corrected chi connectivity index (χ1v) is 6.29. The molecule has 0 unspecified atom stereocenters. The summed E-state index contributed by atoms with van der Waals surface area (Å²) in [7, 11) is 1.90. The normalized spacial score (nSPS) is 10.5. The average molecular weight is 258 g/mol. The molecule has 0 bridgehead atoms. The van der Waals surface area contributed by atoms with Crippen LogP contribution in [0.4, 0.5) is 0 Å². The Morgan fingerprint density at radius 1 is 1.24 bits per heavy atom. The Hall–Kier alpha value is -0.770. The van der Waals surface area contributed by atoms with E-state index in [0.29, 0.717) is 13.2 Å². The highest BCUT2D eigenvalue weighted by atomic mass is 35.5. The van der Waals surface area contributed by atoms with Crippen LogP contribution < -0.4 is 10.1 Å². The molecule has 4 heteroatoms. The number of halogens is 1. The maximum Gasteiger partial charge on any atom is 0.124 e. The lowest BCUT2D eigenvalue weighted by molar-refractivity contribution is 0.100. The first-order valence-electron chi connectivity index (χ1n) is 5.91. The van der Waals surface area contributed by atoms with Crippen LogP contribution >= 0.6 is 11.6 Å². The summed E-state index contributed by atoms with van der Waals surface area (Å²) in [4.78, 5) is 0. The SMILES string of the molecule is CCCOCCOc1ccc(Cl)cc1CNC. The largest absolute Gasteiger partial charge is 0.491 e. The molecular weight excluding hydrogens is 238 g/mol. The van der Waals surface area contributed by atoms with Crippen molar-refractivity contribution < 1.29 is 9.47 Å². The number of nitrogens with one attached hydrogen (secondary N) is 1. The molecule has 0 aromatic heterocycles. The molecule has 0 heterocycles. The topological polar surface area (TPSA) is 30.5 Å². The second kappa shape index (κ2) is 8.34. The van der Waals surface area contributed by atoms with Gasteiger partial charge in [0.05, 0.1) is 6.61 Å². The van der Waals surface area contributed by atoms with E-state index in [4.69, 9.17) is 21.1 Å². The van der Waals surface area contributed by atoms with Crippen LogP contribution in [0.15, 0.2) is 18.2 Å². The molecule has 0 aliphatic heterocycles. The van der Waals surface area contributed by atoms with Crippen LogP contribution in [0.25, 0.3) is 0 Å². The van der Waals surface area contributed by atoms with Crippen molar-refractivity contribution in [2.45, 2.75) is 19.9 Å². The zero-order valence-electron chi connectivity index (χ0n) is 10.5. The van der Waals surface area contributed by atoms with Crippen molar-refractivity contribution in [1.82, 2.24) is 5.32 Å². The Balaban J connectivity index is 2.45. The van der Waals surface area contributed by atoms with Crippen molar-refractivity contribution in [3.8, 4) is 5.75 Å². The van der Waals surface area contributed by atoms with E-state index in [2.05, 4.69) is 12.2 Å². The molecule has 0 aliphatic rings. The van der Waals surface area contributed by atoms with Crippen molar-refractivity contribution in [3.05, 3.63) is 28.8 Å². The van der Waals surface area contributed by atoms with Gasteiger partial charge in [-0.05, 0) is 31.7 Å². The molecule has 1 N–H and O–H groups in total. The van der Waals surface area contributed by atoms with Gasteiger partial charge < -0.3 is 14.8 Å². The van der Waals surface area contributed by atoms with Crippen LogP contribution in [0.5, 0.6) is 5.75 Å². The second-order valence-corrected chi connectivity index (χ2v) is 4.18. The van der Waals surface area contributed by atoms with Crippen LogP contribution in [0.3, 0.4) is 0 Å². The molecule has 0 spiro atoms. The molecular formula is C13H20ClNO2. The minimum absolute atomic E-state index is 0.568. The van der Waals surface area contributed by atoms with Crippen LogP contribution in [0, 0.1) is 0 Å². The molecule has 0 atom stereocenters. The standard InChI is InChI=1S/C13H20ClNO2/c1-3-6-16-7-8-17-13-5-4-12(14)9-11(13)10-15-2/h4-5,9,15H,3,6-8,10H2,1-2H3. The van der Waals surface area contributed by atoms with Crippen LogP contribution in [-0.2, 0) is 11.3 Å². The van der Waals surface area contributed by atoms with Gasteiger partial charge in [0.25, 0.3) is 0 Å². The van der Waals surface area contributed by atoms with Crippen molar-refractivity contribution in [2.75, 3.05) is 26.9 Å². The average Bonchev–Trinajstić information content (AvgIpc) is 2.32. The Bertz CT molecular complexity index is 331. The number of rotatable bonds is 8. The number of hydrogen-bond acceptors (Lipinski definition) is 3. The molecule has 1 rings (SSSR count). The first kappa shape index (κ1) is 14.3. The van der Waals surface area contributed by atoms with Crippen molar-refractivity contribution in [2.24, 2.45) is 0 Å². The Morgan fingerprint density at radius 2 is 2.06 bits per heavy atom. The van der Waals surface area contributed by atoms with Gasteiger partial charge in [-0.2, -0.15) is 0 Å². The fourth-order valence-electron chi connectivity index (χ4n) is 1.47. The molecule has 0 saturated carbocycles. The third-order valence-electron chi connectivity index (χ3n) is 2.22. The van der Waals surface area contributed by atoms with E-state index < -0.39 is 0 Å². The third-order valence-corrected chi connectivity index (χ3v) is 2.46. The van der Waals surface area contributed by atoms with Gasteiger partial charge in [-0.15, -0.1) is 0 Å². The number of benzene rings is 1. The second-order valence-electron chi connectivity index (χ2n) is 3.74. The van der Waals surface area contributed by atoms with Crippen LogP contribution in [-0.4, -0.2) is 26.9 Å². The highest BCUT2D eigenvalue weighted by Gasteiger charge is 2.03.